The zero-order valence-electron chi connectivity index (χ0n) is 9.24. The van der Waals surface area contributed by atoms with Crippen LogP contribution in [-0.2, 0) is 9.59 Å². The Morgan fingerprint density at radius 3 is 2.38 bits per heavy atom. The molecule has 0 heterocycles. The number of carbonyl (C=O) groups excluding carboxylic acids is 1. The summed E-state index contributed by atoms with van der Waals surface area (Å²) in [7, 11) is 0. The van der Waals surface area contributed by atoms with Crippen LogP contribution < -0.4 is 5.32 Å². The number of hydrogen-bond donors (Lipinski definition) is 2. The van der Waals surface area contributed by atoms with Gasteiger partial charge in [0, 0.05) is 6.54 Å². The van der Waals surface area contributed by atoms with E-state index in [2.05, 4.69) is 5.32 Å². The van der Waals surface area contributed by atoms with Gasteiger partial charge >= 0.3 is 5.97 Å². The fourth-order valence-electron chi connectivity index (χ4n) is 2.74. The van der Waals surface area contributed by atoms with Gasteiger partial charge in [-0.3, -0.25) is 9.59 Å². The Hall–Kier alpha value is -1.06. The van der Waals surface area contributed by atoms with Gasteiger partial charge in [-0.25, -0.2) is 0 Å². The van der Waals surface area contributed by atoms with Gasteiger partial charge in [0.1, 0.15) is 0 Å². The zero-order chi connectivity index (χ0) is 11.3. The molecule has 2 N–H and O–H groups in total. The number of carboxylic acids is 1. The second-order valence-electron chi connectivity index (χ2n) is 5.64. The molecule has 0 spiro atoms. The van der Waals surface area contributed by atoms with E-state index in [4.69, 9.17) is 5.11 Å². The van der Waals surface area contributed by atoms with E-state index in [0.717, 1.165) is 12.5 Å². The van der Waals surface area contributed by atoms with E-state index in [0.29, 0.717) is 11.8 Å². The number of rotatable bonds is 5. The van der Waals surface area contributed by atoms with E-state index in [9.17, 15) is 9.59 Å². The number of carbonyl (C=O) groups is 2. The van der Waals surface area contributed by atoms with Gasteiger partial charge in [0.05, 0.1) is 11.8 Å². The van der Waals surface area contributed by atoms with E-state index in [1.807, 2.05) is 0 Å². The molecule has 88 valence electrons. The fourth-order valence-corrected chi connectivity index (χ4v) is 2.74. The summed E-state index contributed by atoms with van der Waals surface area (Å²) in [4.78, 5) is 22.3. The molecule has 3 aliphatic rings. The molecule has 3 rings (SSSR count). The van der Waals surface area contributed by atoms with Gasteiger partial charge in [-0.05, 0) is 43.4 Å². The molecule has 0 aromatic rings. The zero-order valence-corrected chi connectivity index (χ0v) is 9.24. The first-order valence-electron chi connectivity index (χ1n) is 6.13. The maximum Gasteiger partial charge on any atom is 0.307 e. The highest BCUT2D eigenvalue weighted by Gasteiger charge is 2.54. The molecule has 4 heteroatoms. The lowest BCUT2D eigenvalue weighted by Gasteiger charge is -2.14. The third-order valence-corrected chi connectivity index (χ3v) is 4.39. The Bertz CT molecular complexity index is 344. The molecular weight excluding hydrogens is 206 g/mol. The van der Waals surface area contributed by atoms with Crippen molar-refractivity contribution in [2.75, 3.05) is 6.54 Å². The minimum atomic E-state index is -0.830. The lowest BCUT2D eigenvalue weighted by molar-refractivity contribution is -0.140. The molecule has 3 aliphatic carbocycles. The monoisotopic (exact) mass is 223 g/mol. The lowest BCUT2D eigenvalue weighted by atomic mass is 10.0. The van der Waals surface area contributed by atoms with Crippen molar-refractivity contribution in [3.8, 4) is 0 Å². The number of amides is 1. The molecule has 0 aliphatic heterocycles. The third-order valence-electron chi connectivity index (χ3n) is 4.39. The van der Waals surface area contributed by atoms with Crippen LogP contribution in [0.1, 0.15) is 32.1 Å². The minimum absolute atomic E-state index is 0.0423. The molecule has 0 radical (unpaired) electrons. The van der Waals surface area contributed by atoms with Crippen molar-refractivity contribution < 1.29 is 14.7 Å². The average Bonchev–Trinajstić information content (AvgIpc) is 3.16. The largest absolute Gasteiger partial charge is 0.481 e. The first-order valence-corrected chi connectivity index (χ1v) is 6.13. The average molecular weight is 223 g/mol. The Kier molecular flexibility index (Phi) is 2.03. The van der Waals surface area contributed by atoms with Crippen LogP contribution in [0.4, 0.5) is 0 Å². The summed E-state index contributed by atoms with van der Waals surface area (Å²) in [6.45, 7) is 0.777. The lowest BCUT2D eigenvalue weighted by Crippen LogP contribution is -2.33. The highest BCUT2D eigenvalue weighted by molar-refractivity contribution is 5.89. The van der Waals surface area contributed by atoms with Crippen LogP contribution in [0.15, 0.2) is 0 Å². The molecule has 3 saturated carbocycles. The smallest absolute Gasteiger partial charge is 0.307 e. The first kappa shape index (κ1) is 10.1. The molecule has 1 amide bonds. The van der Waals surface area contributed by atoms with Gasteiger partial charge in [-0.1, -0.05) is 0 Å². The number of carboxylic acid groups (broad SMARTS) is 1. The number of aliphatic carboxylic acids is 1. The van der Waals surface area contributed by atoms with E-state index < -0.39 is 11.9 Å². The van der Waals surface area contributed by atoms with Crippen LogP contribution in [-0.4, -0.2) is 23.5 Å². The van der Waals surface area contributed by atoms with Gasteiger partial charge in [0.25, 0.3) is 0 Å². The van der Waals surface area contributed by atoms with Crippen LogP contribution in [0.2, 0.25) is 0 Å². The standard InChI is InChI=1S/C12H17NO3/c14-10(8-5-9(8)11(15)16)13-6-12(3-4-12)7-1-2-7/h7-9H,1-6H2,(H,13,14)(H,15,16)/t8-,9-/m1/s1. The maximum atomic E-state index is 11.7. The Morgan fingerprint density at radius 1 is 1.25 bits per heavy atom. The van der Waals surface area contributed by atoms with E-state index in [1.165, 1.54) is 25.7 Å². The van der Waals surface area contributed by atoms with Crippen molar-refractivity contribution in [2.45, 2.75) is 32.1 Å². The van der Waals surface area contributed by atoms with Crippen molar-refractivity contribution in [2.24, 2.45) is 23.2 Å². The fraction of sp³-hybridized carbons (Fsp3) is 0.833. The highest BCUT2D eigenvalue weighted by atomic mass is 16.4. The molecule has 4 nitrogen and oxygen atoms in total. The Labute approximate surface area is 94.4 Å². The Balaban J connectivity index is 1.46. The molecule has 3 fully saturated rings. The van der Waals surface area contributed by atoms with Crippen LogP contribution >= 0.6 is 0 Å². The van der Waals surface area contributed by atoms with Gasteiger partial charge in [0.15, 0.2) is 0 Å². The summed E-state index contributed by atoms with van der Waals surface area (Å²) in [5, 5.41) is 11.7. The number of hydrogen-bond acceptors (Lipinski definition) is 2. The van der Waals surface area contributed by atoms with E-state index >= 15 is 0 Å². The van der Waals surface area contributed by atoms with Crippen LogP contribution in [0.3, 0.4) is 0 Å². The second-order valence-corrected chi connectivity index (χ2v) is 5.64. The van der Waals surface area contributed by atoms with Crippen LogP contribution in [0.25, 0.3) is 0 Å². The maximum absolute atomic E-state index is 11.7. The topological polar surface area (TPSA) is 66.4 Å². The predicted octanol–water partition coefficient (Wildman–Crippen LogP) is 1.01. The molecule has 16 heavy (non-hydrogen) atoms. The molecule has 0 saturated heterocycles. The van der Waals surface area contributed by atoms with Gasteiger partial charge in [0.2, 0.25) is 5.91 Å². The van der Waals surface area contributed by atoms with Crippen molar-refractivity contribution >= 4 is 11.9 Å². The molecular formula is C12H17NO3. The summed E-state index contributed by atoms with van der Waals surface area (Å²) in [6, 6.07) is 0. The normalized spacial score (nSPS) is 34.2. The number of nitrogens with one attached hydrogen (secondary N) is 1. The molecule has 0 aromatic heterocycles. The van der Waals surface area contributed by atoms with Gasteiger partial charge in [-0.15, -0.1) is 0 Å². The minimum Gasteiger partial charge on any atom is -0.481 e. The van der Waals surface area contributed by atoms with E-state index in [1.54, 1.807) is 0 Å². The molecule has 2 atom stereocenters. The summed E-state index contributed by atoms with van der Waals surface area (Å²) in [5.41, 5.74) is 0.406. The first-order chi connectivity index (χ1) is 7.62. The van der Waals surface area contributed by atoms with Crippen LogP contribution in [0, 0.1) is 23.2 Å². The quantitative estimate of drug-likeness (QED) is 0.731. The van der Waals surface area contributed by atoms with Crippen molar-refractivity contribution in [3.05, 3.63) is 0 Å². The SMILES string of the molecule is O=C(O)[C@@H]1C[C@H]1C(=O)NCC1(C2CC2)CC1. The molecule has 0 bridgehead atoms. The predicted molar refractivity (Wildman–Crippen MR) is 56.6 cm³/mol. The van der Waals surface area contributed by atoms with Gasteiger partial charge < -0.3 is 10.4 Å². The summed E-state index contributed by atoms with van der Waals surface area (Å²) in [5.74, 6) is -0.714. The molecule has 0 unspecified atom stereocenters. The second kappa shape index (κ2) is 3.22. The van der Waals surface area contributed by atoms with Crippen LogP contribution in [0.5, 0.6) is 0 Å². The van der Waals surface area contributed by atoms with Crippen molar-refractivity contribution in [1.29, 1.82) is 0 Å². The Morgan fingerprint density at radius 2 is 1.94 bits per heavy atom. The van der Waals surface area contributed by atoms with Crippen molar-refractivity contribution in [1.82, 2.24) is 5.32 Å². The summed E-state index contributed by atoms with van der Waals surface area (Å²) < 4.78 is 0. The third kappa shape index (κ3) is 1.70. The van der Waals surface area contributed by atoms with Crippen molar-refractivity contribution in [3.63, 3.8) is 0 Å². The summed E-state index contributed by atoms with van der Waals surface area (Å²) >= 11 is 0. The van der Waals surface area contributed by atoms with Gasteiger partial charge in [-0.2, -0.15) is 0 Å². The summed E-state index contributed by atoms with van der Waals surface area (Å²) in [6.07, 6.45) is 5.64. The highest BCUT2D eigenvalue weighted by Crippen LogP contribution is 2.60. The molecule has 0 aromatic carbocycles. The van der Waals surface area contributed by atoms with E-state index in [-0.39, 0.29) is 11.8 Å².